The van der Waals surface area contributed by atoms with Crippen LogP contribution in [-0.2, 0) is 40.0 Å². The molecule has 11 rings (SSSR count). The van der Waals surface area contributed by atoms with Crippen molar-refractivity contribution in [3.05, 3.63) is 89.8 Å². The minimum atomic E-state index is -0.657. The van der Waals surface area contributed by atoms with E-state index in [1.54, 1.807) is 47.8 Å². The molecule has 3 aromatic carbocycles. The van der Waals surface area contributed by atoms with E-state index in [1.807, 2.05) is 29.2 Å². The van der Waals surface area contributed by atoms with Gasteiger partial charge < -0.3 is 41.5 Å². The van der Waals surface area contributed by atoms with E-state index in [2.05, 4.69) is 43.3 Å². The van der Waals surface area contributed by atoms with E-state index in [0.717, 1.165) is 50.0 Å². The van der Waals surface area contributed by atoms with Crippen molar-refractivity contribution in [2.75, 3.05) is 69.1 Å². The van der Waals surface area contributed by atoms with E-state index in [-0.39, 0.29) is 97.0 Å². The zero-order valence-electron chi connectivity index (χ0n) is 45.2. The molecule has 6 aromatic rings. The Labute approximate surface area is 461 Å². The number of likely N-dealkylation sites (tertiary alicyclic amines) is 1. The second kappa shape index (κ2) is 23.9. The van der Waals surface area contributed by atoms with Gasteiger partial charge in [0.25, 0.3) is 5.91 Å². The topological polar surface area (TPSA) is 271 Å². The maximum absolute atomic E-state index is 16.3. The highest BCUT2D eigenvalue weighted by Crippen LogP contribution is 2.42. The summed E-state index contributed by atoms with van der Waals surface area (Å²) in [5.41, 5.74) is 10.3. The van der Waals surface area contributed by atoms with Crippen molar-refractivity contribution in [3.8, 4) is 11.1 Å². The van der Waals surface area contributed by atoms with Crippen LogP contribution in [0, 0.1) is 5.82 Å². The number of nitrogens with zero attached hydrogens (tertiary/aromatic N) is 9. The predicted molar refractivity (Wildman–Crippen MR) is 296 cm³/mol. The van der Waals surface area contributed by atoms with Gasteiger partial charge in [0.1, 0.15) is 43.3 Å². The van der Waals surface area contributed by atoms with Gasteiger partial charge >= 0.3 is 11.9 Å². The first-order valence-electron chi connectivity index (χ1n) is 27.8. The highest BCUT2D eigenvalue weighted by Gasteiger charge is 2.46. The first-order valence-corrected chi connectivity index (χ1v) is 27.8. The van der Waals surface area contributed by atoms with Gasteiger partial charge in [-0.25, -0.2) is 19.2 Å². The van der Waals surface area contributed by atoms with Crippen LogP contribution in [0.1, 0.15) is 118 Å². The number of quaternary nitrogens is 1. The molecule has 8 heterocycles. The lowest BCUT2D eigenvalue weighted by atomic mass is 9.88. The average Bonchev–Trinajstić information content (AvgIpc) is 4.08. The summed E-state index contributed by atoms with van der Waals surface area (Å²) in [6, 6.07) is 16.5. The van der Waals surface area contributed by atoms with Crippen molar-refractivity contribution < 1.29 is 42.7 Å². The van der Waals surface area contributed by atoms with Crippen LogP contribution in [-0.4, -0.2) is 141 Å². The Morgan fingerprint density at radius 3 is 2.27 bits per heavy atom. The van der Waals surface area contributed by atoms with Crippen LogP contribution in [0.4, 0.5) is 21.7 Å². The molecule has 0 radical (unpaired) electrons. The van der Waals surface area contributed by atoms with Gasteiger partial charge in [-0.15, -0.1) is 9.69 Å². The van der Waals surface area contributed by atoms with Gasteiger partial charge in [-0.3, -0.25) is 33.4 Å². The summed E-state index contributed by atoms with van der Waals surface area (Å²) in [6.45, 7) is 6.36. The monoisotopic (exact) mass is 1100 g/mol. The zero-order valence-corrected chi connectivity index (χ0v) is 45.2. The number of benzene rings is 3. The van der Waals surface area contributed by atoms with E-state index < -0.39 is 29.5 Å². The Hall–Kier alpha value is -8.34. The van der Waals surface area contributed by atoms with Crippen molar-refractivity contribution >= 4 is 80.5 Å². The molecule has 0 saturated carbocycles. The summed E-state index contributed by atoms with van der Waals surface area (Å²) in [4.78, 5) is 106. The van der Waals surface area contributed by atoms with Crippen LogP contribution < -0.4 is 36.5 Å². The Morgan fingerprint density at radius 1 is 0.787 bits per heavy atom. The zero-order chi connectivity index (χ0) is 56.1. The number of halogens is 1. The van der Waals surface area contributed by atoms with Gasteiger partial charge in [0.15, 0.2) is 11.5 Å². The summed E-state index contributed by atoms with van der Waals surface area (Å²) in [6.07, 6.45) is 9.33. The number of aromatic nitrogens is 6. The number of primary amides is 1. The molecule has 3 fully saturated rings. The van der Waals surface area contributed by atoms with Crippen LogP contribution in [0.2, 0.25) is 0 Å². The minimum absolute atomic E-state index is 0.0287. The van der Waals surface area contributed by atoms with Crippen molar-refractivity contribution in [1.29, 1.82) is 0 Å². The third-order valence-electron chi connectivity index (χ3n) is 15.8. The third-order valence-corrected chi connectivity index (χ3v) is 15.8. The van der Waals surface area contributed by atoms with E-state index >= 15 is 4.39 Å². The van der Waals surface area contributed by atoms with E-state index in [4.69, 9.17) is 25.7 Å². The standard InChI is InChI=1S/C57H67FN14O8/c1-35(2)80-52(78)33-62-48(74)32-61-49(75)34-70-44-9-6-8-41-42-29-45-39(28-43(42)58)30-64-71(45)72(26-19-38(20-27-72)54(67-70)53(41)44)51(77)16-15-47(73)60-21-7-10-50(76)69-24-17-37(18-25-69)36-11-13-40(14-12-36)65-57-55(56(59)79)63-31-46(66-57)68-22-4-3-5-23-68/h6,8-9,11-14,28-31,35,37-38H,3-5,7,10,15-27,32-34H2,1-2H3,(H5-,59,60,61,62,65,66,73,74,75,79)/p+1. The Kier molecular flexibility index (Phi) is 16.5. The second-order valence-electron chi connectivity index (χ2n) is 21.5. The lowest BCUT2D eigenvalue weighted by Gasteiger charge is -2.39. The molecule has 3 saturated heterocycles. The SMILES string of the molecule is CC(C)OC(=O)CNC(=O)CNC(=O)Cn1nc2c3c(cccc31)-c1cc3c(cnn3[N+]3(C(=O)CCC(=O)NCCCC(=O)N4CCC(c5ccc(Nc6nc(N7CCCCC7)cnc6C(N)=O)cc5)CC4)CCC2CC3)cc1F. The van der Waals surface area contributed by atoms with Crippen molar-refractivity contribution in [2.45, 2.75) is 109 Å². The molecule has 3 aromatic heterocycles. The van der Waals surface area contributed by atoms with Gasteiger partial charge in [0.2, 0.25) is 23.6 Å². The third kappa shape index (κ3) is 12.0. The fourth-order valence-corrected chi connectivity index (χ4v) is 11.7. The molecule has 0 aliphatic carbocycles. The van der Waals surface area contributed by atoms with Gasteiger partial charge in [-0.05, 0) is 99.7 Å². The second-order valence-corrected chi connectivity index (χ2v) is 21.5. The van der Waals surface area contributed by atoms with Crippen molar-refractivity contribution in [1.82, 2.24) is 55.1 Å². The summed E-state index contributed by atoms with van der Waals surface area (Å²) in [7, 11) is 0. The molecule has 80 heavy (non-hydrogen) atoms. The predicted octanol–water partition coefficient (Wildman–Crippen LogP) is 4.94. The van der Waals surface area contributed by atoms with E-state index in [0.29, 0.717) is 90.1 Å². The molecule has 5 aliphatic heterocycles. The Balaban J connectivity index is 0.712. The maximum atomic E-state index is 16.3. The van der Waals surface area contributed by atoms with Gasteiger partial charge in [-0.2, -0.15) is 5.10 Å². The molecule has 22 nitrogen and oxygen atoms in total. The van der Waals surface area contributed by atoms with Crippen LogP contribution in [0.3, 0.4) is 0 Å². The number of hydrogen-bond acceptors (Lipinski definition) is 14. The highest BCUT2D eigenvalue weighted by atomic mass is 19.1. The fraction of sp³-hybridized carbons (Fsp3) is 0.456. The normalized spacial score (nSPS) is 18.0. The number of anilines is 3. The van der Waals surface area contributed by atoms with E-state index in [1.165, 1.54) is 12.5 Å². The van der Waals surface area contributed by atoms with Crippen LogP contribution >= 0.6 is 0 Å². The number of carbonyl (C=O) groups is 7. The van der Waals surface area contributed by atoms with Gasteiger partial charge in [-0.1, -0.05) is 29.1 Å². The van der Waals surface area contributed by atoms with Crippen LogP contribution in [0.25, 0.3) is 32.9 Å². The van der Waals surface area contributed by atoms with Gasteiger partial charge in [0.05, 0.1) is 42.7 Å². The smallest absolute Gasteiger partial charge is 0.340 e. The molecule has 6 N–H and O–H groups in total. The number of piperidine rings is 3. The number of fused-ring (bicyclic) bond motifs is 2. The van der Waals surface area contributed by atoms with E-state index in [9.17, 15) is 33.6 Å². The number of nitrogens with one attached hydrogen (secondary N) is 4. The van der Waals surface area contributed by atoms with Crippen LogP contribution in [0.15, 0.2) is 67.0 Å². The largest absolute Gasteiger partial charge is 0.462 e. The number of esters is 1. The molecule has 420 valence electrons. The molecular weight excluding hydrogens is 1030 g/mol. The molecule has 5 aliphatic rings. The molecule has 4 bridgehead atoms. The fourth-order valence-electron chi connectivity index (χ4n) is 11.7. The maximum Gasteiger partial charge on any atom is 0.340 e. The molecular formula is C57H68FN14O8+. The molecule has 23 heteroatoms. The molecule has 0 spiro atoms. The number of nitrogens with two attached hydrogens (primary N) is 1. The highest BCUT2D eigenvalue weighted by molar-refractivity contribution is 6.01. The summed E-state index contributed by atoms with van der Waals surface area (Å²) >= 11 is 0. The molecule has 0 unspecified atom stereocenters. The summed E-state index contributed by atoms with van der Waals surface area (Å²) < 4.78 is 22.6. The molecule has 0 atom stereocenters. The Morgan fingerprint density at radius 2 is 1.54 bits per heavy atom. The summed E-state index contributed by atoms with van der Waals surface area (Å²) in [5.74, 6) is -2.19. The first kappa shape index (κ1) is 55.0. The summed E-state index contributed by atoms with van der Waals surface area (Å²) in [5, 5.41) is 22.0. The number of amides is 6. The quantitative estimate of drug-likeness (QED) is 0.0409. The van der Waals surface area contributed by atoms with Crippen LogP contribution in [0.5, 0.6) is 0 Å². The number of rotatable bonds is 19. The Bertz CT molecular complexity index is 3340. The first-order chi connectivity index (χ1) is 38.6. The van der Waals surface area contributed by atoms with Gasteiger partial charge in [0, 0.05) is 86.3 Å². The van der Waals surface area contributed by atoms with Crippen molar-refractivity contribution in [2.24, 2.45) is 5.73 Å². The number of carbonyl (C=O) groups excluding carboxylic acids is 7. The number of ether oxygens (including phenoxy) is 1. The lowest BCUT2D eigenvalue weighted by Crippen LogP contribution is -2.65. The molecule has 6 amide bonds. The minimum Gasteiger partial charge on any atom is -0.462 e. The average molecular weight is 1100 g/mol. The van der Waals surface area contributed by atoms with Crippen molar-refractivity contribution in [3.63, 3.8) is 0 Å². The number of hydrogen-bond donors (Lipinski definition) is 5. The lowest BCUT2D eigenvalue weighted by molar-refractivity contribution is -0.147.